The maximum absolute atomic E-state index is 12.9. The molecule has 0 aliphatic carbocycles. The van der Waals surface area contributed by atoms with Crippen LogP contribution in [0.2, 0.25) is 0 Å². The Morgan fingerprint density at radius 2 is 1.72 bits per heavy atom. The minimum Gasteiger partial charge on any atom is -0.497 e. The molecule has 0 bridgehead atoms. The van der Waals surface area contributed by atoms with Gasteiger partial charge >= 0.3 is 0 Å². The number of aromatic nitrogens is 3. The molecule has 1 N–H and O–H groups in total. The topological polar surface area (TPSA) is 69.0 Å². The minimum atomic E-state index is -0.200. The largest absolute Gasteiger partial charge is 0.497 e. The number of benzene rings is 3. The third kappa shape index (κ3) is 3.86. The van der Waals surface area contributed by atoms with Gasteiger partial charge in [-0.05, 0) is 48.4 Å². The average molecular weight is 441 g/mol. The van der Waals surface area contributed by atoms with E-state index in [4.69, 9.17) is 4.74 Å². The average Bonchev–Trinajstić information content (AvgIpc) is 3.41. The van der Waals surface area contributed by atoms with Crippen molar-refractivity contribution in [2.24, 2.45) is 0 Å². The molecular formula is C25H20N4O2S. The highest BCUT2D eigenvalue weighted by Crippen LogP contribution is 2.30. The van der Waals surface area contributed by atoms with Crippen LogP contribution < -0.4 is 10.1 Å². The van der Waals surface area contributed by atoms with E-state index < -0.39 is 0 Å². The van der Waals surface area contributed by atoms with Crippen molar-refractivity contribution < 1.29 is 9.53 Å². The van der Waals surface area contributed by atoms with Crippen LogP contribution in [-0.4, -0.2) is 27.8 Å². The summed E-state index contributed by atoms with van der Waals surface area (Å²) in [6.07, 6.45) is 0. The molecule has 0 spiro atoms. The number of hydrogen-bond donors (Lipinski definition) is 1. The number of aryl methyl sites for hydroxylation is 1. The number of nitrogens with zero attached hydrogens (tertiary/aromatic N) is 3. The lowest BCUT2D eigenvalue weighted by molar-refractivity contribution is 0.102. The number of rotatable bonds is 5. The van der Waals surface area contributed by atoms with Crippen LogP contribution in [0.1, 0.15) is 16.1 Å². The van der Waals surface area contributed by atoms with Gasteiger partial charge in [0.05, 0.1) is 23.0 Å². The van der Waals surface area contributed by atoms with E-state index in [2.05, 4.69) is 15.4 Å². The Hall–Kier alpha value is -3.97. The molecule has 0 saturated carbocycles. The molecule has 2 aromatic heterocycles. The van der Waals surface area contributed by atoms with Crippen molar-refractivity contribution in [3.05, 3.63) is 90.1 Å². The molecule has 0 unspecified atom stereocenters. The SMILES string of the molecule is COc1ccc2nc(-n3nc(C)cc3NC(=O)c3ccc(-c4ccccc4)cc3)sc2c1. The molecule has 6 nitrogen and oxygen atoms in total. The van der Waals surface area contributed by atoms with Crippen molar-refractivity contribution in [1.29, 1.82) is 0 Å². The highest BCUT2D eigenvalue weighted by molar-refractivity contribution is 7.20. The van der Waals surface area contributed by atoms with Gasteiger partial charge in [-0.3, -0.25) is 4.79 Å². The van der Waals surface area contributed by atoms with E-state index in [1.54, 1.807) is 11.8 Å². The molecule has 2 heterocycles. The number of hydrogen-bond acceptors (Lipinski definition) is 5. The Balaban J connectivity index is 1.41. The van der Waals surface area contributed by atoms with Crippen LogP contribution in [0.15, 0.2) is 78.9 Å². The van der Waals surface area contributed by atoms with Crippen molar-refractivity contribution >= 4 is 33.3 Å². The van der Waals surface area contributed by atoms with Crippen LogP contribution in [0.5, 0.6) is 5.75 Å². The van der Waals surface area contributed by atoms with Crippen LogP contribution in [0.3, 0.4) is 0 Å². The molecule has 0 atom stereocenters. The molecule has 32 heavy (non-hydrogen) atoms. The second-order valence-electron chi connectivity index (χ2n) is 7.31. The van der Waals surface area contributed by atoms with Crippen LogP contribution in [0.4, 0.5) is 5.82 Å². The van der Waals surface area contributed by atoms with Gasteiger partial charge in [-0.2, -0.15) is 9.78 Å². The third-order valence-corrected chi connectivity index (χ3v) is 6.09. The number of anilines is 1. The zero-order valence-electron chi connectivity index (χ0n) is 17.6. The van der Waals surface area contributed by atoms with Crippen molar-refractivity contribution in [3.63, 3.8) is 0 Å². The maximum Gasteiger partial charge on any atom is 0.256 e. The number of nitrogens with one attached hydrogen (secondary N) is 1. The van der Waals surface area contributed by atoms with Crippen LogP contribution in [0, 0.1) is 6.92 Å². The number of carbonyl (C=O) groups excluding carboxylic acids is 1. The lowest BCUT2D eigenvalue weighted by Gasteiger charge is -2.07. The molecule has 0 aliphatic heterocycles. The fraction of sp³-hybridized carbons (Fsp3) is 0.0800. The van der Waals surface area contributed by atoms with Gasteiger partial charge in [-0.25, -0.2) is 4.98 Å². The second kappa shape index (κ2) is 8.28. The van der Waals surface area contributed by atoms with Gasteiger partial charge in [0.2, 0.25) is 5.13 Å². The quantitative estimate of drug-likeness (QED) is 0.380. The third-order valence-electron chi connectivity index (χ3n) is 5.09. The molecule has 1 amide bonds. The van der Waals surface area contributed by atoms with E-state index in [9.17, 15) is 4.79 Å². The van der Waals surface area contributed by atoms with Crippen molar-refractivity contribution in [2.45, 2.75) is 6.92 Å². The molecule has 7 heteroatoms. The van der Waals surface area contributed by atoms with Gasteiger partial charge in [0.15, 0.2) is 0 Å². The molecule has 0 aliphatic rings. The highest BCUT2D eigenvalue weighted by Gasteiger charge is 2.16. The Kier molecular flexibility index (Phi) is 5.17. The first-order chi connectivity index (χ1) is 15.6. The fourth-order valence-electron chi connectivity index (χ4n) is 3.48. The summed E-state index contributed by atoms with van der Waals surface area (Å²) in [5.41, 5.74) is 4.39. The van der Waals surface area contributed by atoms with Gasteiger partial charge in [-0.1, -0.05) is 53.8 Å². The number of carbonyl (C=O) groups is 1. The zero-order chi connectivity index (χ0) is 22.1. The monoisotopic (exact) mass is 440 g/mol. The fourth-order valence-corrected chi connectivity index (χ4v) is 4.44. The first-order valence-corrected chi connectivity index (χ1v) is 10.9. The highest BCUT2D eigenvalue weighted by atomic mass is 32.1. The maximum atomic E-state index is 12.9. The normalized spacial score (nSPS) is 10.9. The number of amides is 1. The minimum absolute atomic E-state index is 0.200. The zero-order valence-corrected chi connectivity index (χ0v) is 18.4. The molecule has 0 radical (unpaired) electrons. The van der Waals surface area contributed by atoms with Crippen molar-refractivity contribution in [3.8, 4) is 22.0 Å². The molecule has 0 fully saturated rings. The number of ether oxygens (including phenoxy) is 1. The number of methoxy groups -OCH3 is 1. The number of thiazole rings is 1. The van der Waals surface area contributed by atoms with E-state index in [-0.39, 0.29) is 5.91 Å². The first kappa shape index (κ1) is 20.0. The smallest absolute Gasteiger partial charge is 0.256 e. The molecule has 3 aromatic carbocycles. The molecular weight excluding hydrogens is 420 g/mol. The Morgan fingerprint density at radius 1 is 0.969 bits per heavy atom. The molecule has 158 valence electrons. The Bertz CT molecular complexity index is 1410. The molecule has 0 saturated heterocycles. The van der Waals surface area contributed by atoms with Crippen LogP contribution in [-0.2, 0) is 0 Å². The predicted molar refractivity (Wildman–Crippen MR) is 128 cm³/mol. The van der Waals surface area contributed by atoms with Crippen LogP contribution in [0.25, 0.3) is 26.5 Å². The van der Waals surface area contributed by atoms with E-state index in [1.165, 1.54) is 11.3 Å². The van der Waals surface area contributed by atoms with E-state index in [1.807, 2.05) is 85.8 Å². The van der Waals surface area contributed by atoms with Gasteiger partial charge in [0.1, 0.15) is 11.6 Å². The van der Waals surface area contributed by atoms with Gasteiger partial charge in [0, 0.05) is 11.6 Å². The summed E-state index contributed by atoms with van der Waals surface area (Å²) >= 11 is 1.49. The standard InChI is InChI=1S/C25H20N4O2S/c1-16-14-23(29(28-16)25-26-21-13-12-20(31-2)15-22(21)32-25)27-24(30)19-10-8-18(9-11-19)17-6-4-3-5-7-17/h3-15H,1-2H3,(H,27,30). The first-order valence-electron chi connectivity index (χ1n) is 10.1. The second-order valence-corrected chi connectivity index (χ2v) is 8.32. The summed E-state index contributed by atoms with van der Waals surface area (Å²) in [5.74, 6) is 1.15. The summed E-state index contributed by atoms with van der Waals surface area (Å²) in [7, 11) is 1.64. The Morgan fingerprint density at radius 3 is 2.47 bits per heavy atom. The van der Waals surface area contributed by atoms with E-state index in [0.29, 0.717) is 16.5 Å². The van der Waals surface area contributed by atoms with Gasteiger partial charge < -0.3 is 10.1 Å². The van der Waals surface area contributed by atoms with Crippen LogP contribution >= 0.6 is 11.3 Å². The predicted octanol–water partition coefficient (Wildman–Crippen LogP) is 5.72. The number of fused-ring (bicyclic) bond motifs is 1. The molecule has 5 aromatic rings. The summed E-state index contributed by atoms with van der Waals surface area (Å²) < 4.78 is 7.96. The molecule has 5 rings (SSSR count). The van der Waals surface area contributed by atoms with E-state index >= 15 is 0 Å². The summed E-state index contributed by atoms with van der Waals surface area (Å²) in [6.45, 7) is 1.89. The van der Waals surface area contributed by atoms with E-state index in [0.717, 1.165) is 32.8 Å². The summed E-state index contributed by atoms with van der Waals surface area (Å²) in [4.78, 5) is 17.6. The van der Waals surface area contributed by atoms with Gasteiger partial charge in [0.25, 0.3) is 5.91 Å². The van der Waals surface area contributed by atoms with Gasteiger partial charge in [-0.15, -0.1) is 0 Å². The summed E-state index contributed by atoms with van der Waals surface area (Å²) in [5, 5.41) is 8.19. The Labute approximate surface area is 189 Å². The lowest BCUT2D eigenvalue weighted by Crippen LogP contribution is -2.15. The van der Waals surface area contributed by atoms with Crippen molar-refractivity contribution in [2.75, 3.05) is 12.4 Å². The lowest BCUT2D eigenvalue weighted by atomic mass is 10.0. The summed E-state index contributed by atoms with van der Waals surface area (Å²) in [6, 6.07) is 25.2. The van der Waals surface area contributed by atoms with Crippen molar-refractivity contribution in [1.82, 2.24) is 14.8 Å².